The number of anilines is 3. The number of benzene rings is 1. The molecule has 106 valence electrons. The second-order valence-corrected chi connectivity index (χ2v) is 4.89. The first-order chi connectivity index (χ1) is 8.93. The number of hydrogen-bond acceptors (Lipinski definition) is 4. The van der Waals surface area contributed by atoms with Crippen molar-refractivity contribution in [3.05, 3.63) is 18.2 Å². The van der Waals surface area contributed by atoms with Crippen LogP contribution in [0.25, 0.3) is 0 Å². The van der Waals surface area contributed by atoms with Crippen LogP contribution in [0.1, 0.15) is 6.92 Å². The third-order valence-electron chi connectivity index (χ3n) is 2.89. The standard InChI is InChI=1S/C14H24N4O/c1-11(19)16-13-10-12(15-2)6-7-14(13)18(5)9-8-17(3)4/h6-7,10,15H,8-9H2,1-5H3,(H,16,19). The SMILES string of the molecule is CNc1ccc(N(C)CCN(C)C)c(NC(C)=O)c1. The third-order valence-corrected chi connectivity index (χ3v) is 2.89. The molecular weight excluding hydrogens is 240 g/mol. The van der Waals surface area contributed by atoms with Gasteiger partial charge in [-0.25, -0.2) is 0 Å². The summed E-state index contributed by atoms with van der Waals surface area (Å²) in [6.45, 7) is 3.39. The van der Waals surface area contributed by atoms with E-state index >= 15 is 0 Å². The van der Waals surface area contributed by atoms with Crippen LogP contribution in [0.2, 0.25) is 0 Å². The molecule has 0 bridgehead atoms. The number of nitrogens with one attached hydrogen (secondary N) is 2. The van der Waals surface area contributed by atoms with Crippen LogP contribution in [0, 0.1) is 0 Å². The van der Waals surface area contributed by atoms with Crippen LogP contribution < -0.4 is 15.5 Å². The average Bonchev–Trinajstić information content (AvgIpc) is 2.35. The first-order valence-electron chi connectivity index (χ1n) is 6.39. The normalized spacial score (nSPS) is 10.4. The van der Waals surface area contributed by atoms with Gasteiger partial charge in [-0.3, -0.25) is 4.79 Å². The summed E-state index contributed by atoms with van der Waals surface area (Å²) in [4.78, 5) is 15.6. The Bertz CT molecular complexity index is 431. The highest BCUT2D eigenvalue weighted by molar-refractivity contribution is 5.93. The highest BCUT2D eigenvalue weighted by Gasteiger charge is 2.09. The van der Waals surface area contributed by atoms with Crippen LogP contribution in [0.3, 0.4) is 0 Å². The first-order valence-corrected chi connectivity index (χ1v) is 6.39. The lowest BCUT2D eigenvalue weighted by atomic mass is 10.2. The molecule has 19 heavy (non-hydrogen) atoms. The third kappa shape index (κ3) is 4.79. The predicted octanol–water partition coefficient (Wildman–Crippen LogP) is 1.68. The molecule has 2 N–H and O–H groups in total. The summed E-state index contributed by atoms with van der Waals surface area (Å²) in [5.74, 6) is -0.0597. The molecule has 1 amide bonds. The number of likely N-dealkylation sites (N-methyl/N-ethyl adjacent to an activating group) is 2. The molecule has 1 aromatic rings. The first kappa shape index (κ1) is 15.3. The fourth-order valence-corrected chi connectivity index (χ4v) is 1.78. The molecule has 5 nitrogen and oxygen atoms in total. The van der Waals surface area contributed by atoms with E-state index in [9.17, 15) is 4.79 Å². The number of rotatable bonds is 6. The summed E-state index contributed by atoms with van der Waals surface area (Å²) in [6.07, 6.45) is 0. The lowest BCUT2D eigenvalue weighted by Gasteiger charge is -2.24. The van der Waals surface area contributed by atoms with Crippen molar-refractivity contribution >= 4 is 23.0 Å². The maximum Gasteiger partial charge on any atom is 0.221 e. The van der Waals surface area contributed by atoms with Gasteiger partial charge >= 0.3 is 0 Å². The zero-order chi connectivity index (χ0) is 14.4. The van der Waals surface area contributed by atoms with Crippen molar-refractivity contribution in [3.8, 4) is 0 Å². The monoisotopic (exact) mass is 264 g/mol. The molecule has 5 heteroatoms. The number of hydrogen-bond donors (Lipinski definition) is 2. The maximum absolute atomic E-state index is 11.3. The lowest BCUT2D eigenvalue weighted by Crippen LogP contribution is -2.29. The Labute approximate surface area is 115 Å². The van der Waals surface area contributed by atoms with Crippen molar-refractivity contribution in [1.82, 2.24) is 4.90 Å². The van der Waals surface area contributed by atoms with Gasteiger partial charge in [0.1, 0.15) is 0 Å². The smallest absolute Gasteiger partial charge is 0.221 e. The van der Waals surface area contributed by atoms with Crippen LogP contribution >= 0.6 is 0 Å². The highest BCUT2D eigenvalue weighted by atomic mass is 16.1. The van der Waals surface area contributed by atoms with E-state index in [1.54, 1.807) is 0 Å². The Morgan fingerprint density at radius 2 is 1.89 bits per heavy atom. The molecule has 1 aromatic carbocycles. The summed E-state index contributed by atoms with van der Waals surface area (Å²) in [6, 6.07) is 5.97. The molecule has 0 radical (unpaired) electrons. The Kier molecular flexibility index (Phi) is 5.63. The summed E-state index contributed by atoms with van der Waals surface area (Å²) in [5, 5.41) is 5.96. The van der Waals surface area contributed by atoms with E-state index in [2.05, 4.69) is 20.4 Å². The van der Waals surface area contributed by atoms with Crippen LogP contribution in [-0.4, -0.2) is 52.1 Å². The fraction of sp³-hybridized carbons (Fsp3) is 0.500. The van der Waals surface area contributed by atoms with Gasteiger partial charge in [0.15, 0.2) is 0 Å². The van der Waals surface area contributed by atoms with Gasteiger partial charge in [0, 0.05) is 39.8 Å². The van der Waals surface area contributed by atoms with Gasteiger partial charge in [-0.05, 0) is 32.3 Å². The fourth-order valence-electron chi connectivity index (χ4n) is 1.78. The van der Waals surface area contributed by atoms with E-state index < -0.39 is 0 Å². The molecule has 0 aliphatic rings. The molecular formula is C14H24N4O. The van der Waals surface area contributed by atoms with E-state index in [0.29, 0.717) is 0 Å². The topological polar surface area (TPSA) is 47.6 Å². The van der Waals surface area contributed by atoms with E-state index in [-0.39, 0.29) is 5.91 Å². The molecule has 0 aromatic heterocycles. The van der Waals surface area contributed by atoms with E-state index in [1.165, 1.54) is 6.92 Å². The van der Waals surface area contributed by atoms with Gasteiger partial charge in [0.25, 0.3) is 0 Å². The lowest BCUT2D eigenvalue weighted by molar-refractivity contribution is -0.114. The second-order valence-electron chi connectivity index (χ2n) is 4.89. The summed E-state index contributed by atoms with van der Waals surface area (Å²) in [5.41, 5.74) is 2.84. The van der Waals surface area contributed by atoms with Crippen LogP contribution in [-0.2, 0) is 4.79 Å². The number of carbonyl (C=O) groups is 1. The van der Waals surface area contributed by atoms with Crippen molar-refractivity contribution in [2.75, 3.05) is 56.8 Å². The summed E-state index contributed by atoms with van der Waals surface area (Å²) >= 11 is 0. The second kappa shape index (κ2) is 6.99. The van der Waals surface area contributed by atoms with Crippen molar-refractivity contribution in [1.29, 1.82) is 0 Å². The molecule has 0 spiro atoms. The van der Waals surface area contributed by atoms with Gasteiger partial charge in [-0.15, -0.1) is 0 Å². The minimum absolute atomic E-state index is 0.0597. The van der Waals surface area contributed by atoms with E-state index in [1.807, 2.05) is 46.4 Å². The molecule has 0 aliphatic heterocycles. The highest BCUT2D eigenvalue weighted by Crippen LogP contribution is 2.28. The van der Waals surface area contributed by atoms with Gasteiger partial charge in [0.05, 0.1) is 11.4 Å². The van der Waals surface area contributed by atoms with Gasteiger partial charge in [-0.1, -0.05) is 0 Å². The molecule has 0 saturated heterocycles. The maximum atomic E-state index is 11.3. The molecule has 0 atom stereocenters. The molecule has 0 saturated carbocycles. The Hall–Kier alpha value is -1.75. The van der Waals surface area contributed by atoms with E-state index in [4.69, 9.17) is 0 Å². The van der Waals surface area contributed by atoms with Crippen LogP contribution in [0.5, 0.6) is 0 Å². The van der Waals surface area contributed by atoms with Gasteiger partial charge in [-0.2, -0.15) is 0 Å². The zero-order valence-electron chi connectivity index (χ0n) is 12.4. The predicted molar refractivity (Wildman–Crippen MR) is 82.1 cm³/mol. The van der Waals surface area contributed by atoms with E-state index in [0.717, 1.165) is 30.2 Å². The van der Waals surface area contributed by atoms with Crippen LogP contribution in [0.15, 0.2) is 18.2 Å². The Morgan fingerprint density at radius 1 is 1.21 bits per heavy atom. The Balaban J connectivity index is 2.93. The number of nitrogens with zero attached hydrogens (tertiary/aromatic N) is 2. The largest absolute Gasteiger partial charge is 0.388 e. The summed E-state index contributed by atoms with van der Waals surface area (Å²) in [7, 11) is 7.99. The number of amides is 1. The zero-order valence-corrected chi connectivity index (χ0v) is 12.4. The van der Waals surface area contributed by atoms with Crippen molar-refractivity contribution < 1.29 is 4.79 Å². The Morgan fingerprint density at radius 3 is 2.42 bits per heavy atom. The minimum Gasteiger partial charge on any atom is -0.388 e. The van der Waals surface area contributed by atoms with Crippen molar-refractivity contribution in [2.24, 2.45) is 0 Å². The van der Waals surface area contributed by atoms with Crippen molar-refractivity contribution in [2.45, 2.75) is 6.92 Å². The quantitative estimate of drug-likeness (QED) is 0.821. The minimum atomic E-state index is -0.0597. The van der Waals surface area contributed by atoms with Crippen LogP contribution in [0.4, 0.5) is 17.1 Å². The van der Waals surface area contributed by atoms with Gasteiger partial charge in [0.2, 0.25) is 5.91 Å². The molecule has 1 rings (SSSR count). The molecule has 0 fully saturated rings. The molecule has 0 aliphatic carbocycles. The average molecular weight is 264 g/mol. The van der Waals surface area contributed by atoms with Crippen molar-refractivity contribution in [3.63, 3.8) is 0 Å². The molecule has 0 unspecified atom stereocenters. The van der Waals surface area contributed by atoms with Gasteiger partial charge < -0.3 is 20.4 Å². The molecule has 0 heterocycles. The number of carbonyl (C=O) groups excluding carboxylic acids is 1. The summed E-state index contributed by atoms with van der Waals surface area (Å²) < 4.78 is 0.